The van der Waals surface area contributed by atoms with E-state index in [1.807, 2.05) is 28.0 Å². The summed E-state index contributed by atoms with van der Waals surface area (Å²) >= 11 is 0. The highest BCUT2D eigenvalue weighted by Crippen LogP contribution is 2.32. The summed E-state index contributed by atoms with van der Waals surface area (Å²) in [5.74, 6) is 1.85. The molecule has 6 nitrogen and oxygen atoms in total. The van der Waals surface area contributed by atoms with Crippen molar-refractivity contribution < 1.29 is 19.1 Å². The third-order valence-corrected chi connectivity index (χ3v) is 5.07. The molecule has 1 aromatic rings. The minimum absolute atomic E-state index is 0.0912. The lowest BCUT2D eigenvalue weighted by Gasteiger charge is -2.36. The van der Waals surface area contributed by atoms with Gasteiger partial charge in [-0.2, -0.15) is 0 Å². The van der Waals surface area contributed by atoms with E-state index in [0.29, 0.717) is 38.3 Å². The summed E-state index contributed by atoms with van der Waals surface area (Å²) in [4.78, 5) is 28.7. The minimum Gasteiger partial charge on any atom is -0.454 e. The second-order valence-corrected chi connectivity index (χ2v) is 6.58. The van der Waals surface area contributed by atoms with Crippen LogP contribution in [0.1, 0.15) is 32.3 Å². The first kappa shape index (κ1) is 17.6. The molecule has 1 aromatic carbocycles. The van der Waals surface area contributed by atoms with Crippen LogP contribution in [0, 0.1) is 5.92 Å². The number of hydrogen-bond acceptors (Lipinski definition) is 4. The van der Waals surface area contributed by atoms with Crippen LogP contribution in [-0.4, -0.2) is 54.6 Å². The van der Waals surface area contributed by atoms with Crippen LogP contribution in [0.4, 0.5) is 0 Å². The molecule has 1 saturated heterocycles. The molecule has 0 saturated carbocycles. The average Bonchev–Trinajstić information content (AvgIpc) is 3.10. The standard InChI is InChI=1S/C19H26N2O4/c1-3-15(4-2)19(23)21-9-7-20(8-10-21)18(22)12-14-5-6-16-17(11-14)25-13-24-16/h5-6,11,15H,3-4,7-10,12-13H2,1-2H3. The minimum atomic E-state index is 0.0912. The van der Waals surface area contributed by atoms with Crippen molar-refractivity contribution in [3.8, 4) is 11.5 Å². The van der Waals surface area contributed by atoms with Crippen LogP contribution in [0.15, 0.2) is 18.2 Å². The molecule has 0 N–H and O–H groups in total. The fourth-order valence-electron chi connectivity index (χ4n) is 3.41. The quantitative estimate of drug-likeness (QED) is 0.819. The lowest BCUT2D eigenvalue weighted by molar-refractivity contribution is -0.142. The zero-order valence-electron chi connectivity index (χ0n) is 15.0. The Balaban J connectivity index is 1.52. The SMILES string of the molecule is CCC(CC)C(=O)N1CCN(C(=O)Cc2ccc3c(c2)OCO3)CC1. The van der Waals surface area contributed by atoms with E-state index in [2.05, 4.69) is 13.8 Å². The Labute approximate surface area is 148 Å². The summed E-state index contributed by atoms with van der Waals surface area (Å²) in [7, 11) is 0. The van der Waals surface area contributed by atoms with Crippen molar-refractivity contribution in [1.29, 1.82) is 0 Å². The Hall–Kier alpha value is -2.24. The van der Waals surface area contributed by atoms with Crippen molar-refractivity contribution in [2.24, 2.45) is 5.92 Å². The second kappa shape index (κ2) is 7.76. The molecule has 2 heterocycles. The summed E-state index contributed by atoms with van der Waals surface area (Å²) in [6.45, 7) is 6.81. The van der Waals surface area contributed by atoms with Gasteiger partial charge in [0.25, 0.3) is 0 Å². The van der Waals surface area contributed by atoms with E-state index in [4.69, 9.17) is 9.47 Å². The Kier molecular flexibility index (Phi) is 5.46. The molecule has 0 aliphatic carbocycles. The molecule has 3 rings (SSSR count). The first-order valence-electron chi connectivity index (χ1n) is 9.07. The molecule has 0 spiro atoms. The van der Waals surface area contributed by atoms with Gasteiger partial charge in [0, 0.05) is 32.1 Å². The molecular weight excluding hydrogens is 320 g/mol. The summed E-state index contributed by atoms with van der Waals surface area (Å²) in [6, 6.07) is 5.61. The highest BCUT2D eigenvalue weighted by atomic mass is 16.7. The fraction of sp³-hybridized carbons (Fsp3) is 0.579. The van der Waals surface area contributed by atoms with Gasteiger partial charge in [-0.3, -0.25) is 9.59 Å². The average molecular weight is 346 g/mol. The van der Waals surface area contributed by atoms with Gasteiger partial charge in [-0.05, 0) is 30.5 Å². The maximum atomic E-state index is 12.5. The Morgan fingerprint density at radius 1 is 1.00 bits per heavy atom. The molecule has 6 heteroatoms. The van der Waals surface area contributed by atoms with Crippen LogP contribution in [0.5, 0.6) is 11.5 Å². The normalized spacial score (nSPS) is 16.4. The van der Waals surface area contributed by atoms with E-state index in [-0.39, 0.29) is 24.5 Å². The molecule has 0 unspecified atom stereocenters. The molecule has 0 bridgehead atoms. The van der Waals surface area contributed by atoms with Crippen molar-refractivity contribution in [3.05, 3.63) is 23.8 Å². The topological polar surface area (TPSA) is 59.1 Å². The molecule has 0 atom stereocenters. The van der Waals surface area contributed by atoms with Gasteiger partial charge in [-0.1, -0.05) is 19.9 Å². The van der Waals surface area contributed by atoms with Crippen LogP contribution >= 0.6 is 0 Å². The number of amides is 2. The van der Waals surface area contributed by atoms with E-state index in [9.17, 15) is 9.59 Å². The molecule has 2 aliphatic rings. The number of nitrogens with zero attached hydrogens (tertiary/aromatic N) is 2. The van der Waals surface area contributed by atoms with E-state index < -0.39 is 0 Å². The predicted molar refractivity (Wildman–Crippen MR) is 93.5 cm³/mol. The zero-order valence-corrected chi connectivity index (χ0v) is 15.0. The fourth-order valence-corrected chi connectivity index (χ4v) is 3.41. The van der Waals surface area contributed by atoms with Gasteiger partial charge < -0.3 is 19.3 Å². The van der Waals surface area contributed by atoms with Crippen LogP contribution in [0.3, 0.4) is 0 Å². The Morgan fingerprint density at radius 2 is 1.64 bits per heavy atom. The molecule has 136 valence electrons. The van der Waals surface area contributed by atoms with Crippen molar-refractivity contribution in [1.82, 2.24) is 9.80 Å². The van der Waals surface area contributed by atoms with Crippen LogP contribution < -0.4 is 9.47 Å². The largest absolute Gasteiger partial charge is 0.454 e. The lowest BCUT2D eigenvalue weighted by Crippen LogP contribution is -2.52. The molecule has 1 fully saturated rings. The molecular formula is C19H26N2O4. The van der Waals surface area contributed by atoms with Crippen molar-refractivity contribution in [2.75, 3.05) is 33.0 Å². The van der Waals surface area contributed by atoms with Crippen LogP contribution in [-0.2, 0) is 16.0 Å². The van der Waals surface area contributed by atoms with Gasteiger partial charge in [-0.25, -0.2) is 0 Å². The first-order valence-corrected chi connectivity index (χ1v) is 9.07. The number of carbonyl (C=O) groups is 2. The molecule has 0 radical (unpaired) electrons. The Bertz CT molecular complexity index is 634. The maximum Gasteiger partial charge on any atom is 0.231 e. The number of ether oxygens (including phenoxy) is 2. The summed E-state index contributed by atoms with van der Waals surface area (Å²) in [5.41, 5.74) is 0.921. The highest BCUT2D eigenvalue weighted by molar-refractivity contribution is 5.81. The highest BCUT2D eigenvalue weighted by Gasteiger charge is 2.27. The molecule has 2 aliphatic heterocycles. The van der Waals surface area contributed by atoms with Gasteiger partial charge in [0.2, 0.25) is 18.6 Å². The number of benzene rings is 1. The number of rotatable bonds is 5. The first-order chi connectivity index (χ1) is 12.1. The summed E-state index contributed by atoms with van der Waals surface area (Å²) in [6.07, 6.45) is 2.09. The van der Waals surface area contributed by atoms with Gasteiger partial charge in [0.05, 0.1) is 6.42 Å². The van der Waals surface area contributed by atoms with Gasteiger partial charge in [-0.15, -0.1) is 0 Å². The molecule has 2 amide bonds. The third kappa shape index (κ3) is 3.89. The number of fused-ring (bicyclic) bond motifs is 1. The van der Waals surface area contributed by atoms with E-state index in [1.54, 1.807) is 0 Å². The van der Waals surface area contributed by atoms with Gasteiger partial charge >= 0.3 is 0 Å². The van der Waals surface area contributed by atoms with E-state index in [1.165, 1.54) is 0 Å². The summed E-state index contributed by atoms with van der Waals surface area (Å²) in [5, 5.41) is 0. The Morgan fingerprint density at radius 3 is 2.32 bits per heavy atom. The van der Waals surface area contributed by atoms with Crippen molar-refractivity contribution in [3.63, 3.8) is 0 Å². The number of hydrogen-bond donors (Lipinski definition) is 0. The second-order valence-electron chi connectivity index (χ2n) is 6.58. The number of piperazine rings is 1. The van der Waals surface area contributed by atoms with Crippen LogP contribution in [0.2, 0.25) is 0 Å². The van der Waals surface area contributed by atoms with Gasteiger partial charge in [0.15, 0.2) is 11.5 Å². The summed E-state index contributed by atoms with van der Waals surface area (Å²) < 4.78 is 10.7. The van der Waals surface area contributed by atoms with E-state index in [0.717, 1.165) is 24.2 Å². The van der Waals surface area contributed by atoms with Crippen LogP contribution in [0.25, 0.3) is 0 Å². The molecule has 25 heavy (non-hydrogen) atoms. The smallest absolute Gasteiger partial charge is 0.231 e. The third-order valence-electron chi connectivity index (χ3n) is 5.07. The predicted octanol–water partition coefficient (Wildman–Crippen LogP) is 2.06. The zero-order chi connectivity index (χ0) is 17.8. The van der Waals surface area contributed by atoms with Crippen molar-refractivity contribution >= 4 is 11.8 Å². The lowest BCUT2D eigenvalue weighted by atomic mass is 10.0. The van der Waals surface area contributed by atoms with Crippen molar-refractivity contribution in [2.45, 2.75) is 33.1 Å². The number of carbonyl (C=O) groups excluding carboxylic acids is 2. The van der Waals surface area contributed by atoms with E-state index >= 15 is 0 Å². The molecule has 0 aromatic heterocycles. The van der Waals surface area contributed by atoms with Gasteiger partial charge in [0.1, 0.15) is 0 Å². The monoisotopic (exact) mass is 346 g/mol. The maximum absolute atomic E-state index is 12.5.